The van der Waals surface area contributed by atoms with E-state index in [0.717, 1.165) is 72.2 Å². The van der Waals surface area contributed by atoms with Crippen molar-refractivity contribution in [1.29, 1.82) is 0 Å². The molecule has 0 spiro atoms. The highest BCUT2D eigenvalue weighted by atomic mass is 16.3. The van der Waals surface area contributed by atoms with Gasteiger partial charge < -0.3 is 13.9 Å². The number of anilines is 3. The van der Waals surface area contributed by atoms with Crippen LogP contribution in [-0.2, 0) is 0 Å². The fourth-order valence-corrected chi connectivity index (χ4v) is 8.23. The van der Waals surface area contributed by atoms with E-state index in [4.69, 9.17) is 9.40 Å². The second kappa shape index (κ2) is 12.6. The zero-order chi connectivity index (χ0) is 36.3. The molecule has 0 saturated carbocycles. The lowest BCUT2D eigenvalue weighted by Crippen LogP contribution is -2.11. The number of para-hydroxylation sites is 3. The van der Waals surface area contributed by atoms with E-state index in [2.05, 4.69) is 204 Å². The van der Waals surface area contributed by atoms with Crippen LogP contribution in [0.25, 0.3) is 82.7 Å². The van der Waals surface area contributed by atoms with Gasteiger partial charge in [0, 0.05) is 33.1 Å². The summed E-state index contributed by atoms with van der Waals surface area (Å²) in [5, 5.41) is 7.01. The van der Waals surface area contributed by atoms with Crippen LogP contribution in [0.4, 0.5) is 17.1 Å². The Hall–Kier alpha value is -7.43. The lowest BCUT2D eigenvalue weighted by Gasteiger charge is -2.27. The average Bonchev–Trinajstić information content (AvgIpc) is 3.86. The Morgan fingerprint density at radius 3 is 1.93 bits per heavy atom. The van der Waals surface area contributed by atoms with Crippen molar-refractivity contribution >= 4 is 71.5 Å². The number of hydrogen-bond donors (Lipinski definition) is 0. The predicted octanol–water partition coefficient (Wildman–Crippen LogP) is 14.0. The van der Waals surface area contributed by atoms with Crippen molar-refractivity contribution in [3.8, 4) is 28.3 Å². The Bertz CT molecular complexity index is 3200. The molecule has 0 saturated heterocycles. The molecule has 4 heteroatoms. The Morgan fingerprint density at radius 1 is 0.455 bits per heavy atom. The lowest BCUT2D eigenvalue weighted by molar-refractivity contribution is 0.620. The number of benzene rings is 9. The standard InChI is InChI=1S/C51H33N3O/c1-3-14-34(15-4-1)36-28-30-41(31-29-36)53(46-25-13-23-44-50(46)55-51(52-44)39-27-26-35-16-7-8-17-37(35)32-39)47-33-38-18-9-10-21-42(38)49-48(47)43-22-11-12-24-45(43)54(49)40-19-5-2-6-20-40/h1-33H. The van der Waals surface area contributed by atoms with E-state index >= 15 is 0 Å². The van der Waals surface area contributed by atoms with E-state index in [0.29, 0.717) is 5.89 Å². The summed E-state index contributed by atoms with van der Waals surface area (Å²) in [5.74, 6) is 0.594. The Morgan fingerprint density at radius 2 is 1.11 bits per heavy atom. The van der Waals surface area contributed by atoms with Crippen molar-refractivity contribution in [3.63, 3.8) is 0 Å². The summed E-state index contributed by atoms with van der Waals surface area (Å²) < 4.78 is 9.27. The van der Waals surface area contributed by atoms with Gasteiger partial charge in [0.25, 0.3) is 0 Å². The summed E-state index contributed by atoms with van der Waals surface area (Å²) >= 11 is 0. The van der Waals surface area contributed by atoms with Crippen LogP contribution in [0.1, 0.15) is 0 Å². The summed E-state index contributed by atoms with van der Waals surface area (Å²) in [6.07, 6.45) is 0. The summed E-state index contributed by atoms with van der Waals surface area (Å²) in [5.41, 5.74) is 11.2. The van der Waals surface area contributed by atoms with Crippen LogP contribution in [0, 0.1) is 0 Å². The molecular formula is C51H33N3O. The molecule has 0 aliphatic carbocycles. The molecule has 2 heterocycles. The van der Waals surface area contributed by atoms with Gasteiger partial charge >= 0.3 is 0 Å². The molecule has 55 heavy (non-hydrogen) atoms. The second-order valence-electron chi connectivity index (χ2n) is 14.0. The number of hydrogen-bond acceptors (Lipinski definition) is 3. The molecule has 11 rings (SSSR count). The van der Waals surface area contributed by atoms with Gasteiger partial charge in [-0.2, -0.15) is 0 Å². The third kappa shape index (κ3) is 5.11. The molecule has 0 aliphatic rings. The lowest BCUT2D eigenvalue weighted by atomic mass is 10.0. The molecular weight excluding hydrogens is 671 g/mol. The minimum absolute atomic E-state index is 0.594. The fraction of sp³-hybridized carbons (Fsp3) is 0. The third-order valence-corrected chi connectivity index (χ3v) is 10.8. The van der Waals surface area contributed by atoms with Gasteiger partial charge in [0.15, 0.2) is 5.58 Å². The van der Waals surface area contributed by atoms with E-state index < -0.39 is 0 Å². The zero-order valence-electron chi connectivity index (χ0n) is 29.8. The third-order valence-electron chi connectivity index (χ3n) is 10.8. The molecule has 2 aromatic heterocycles. The van der Waals surface area contributed by atoms with Crippen molar-refractivity contribution < 1.29 is 4.42 Å². The first-order valence-corrected chi connectivity index (χ1v) is 18.6. The highest BCUT2D eigenvalue weighted by molar-refractivity contribution is 6.25. The number of oxazole rings is 1. The first-order chi connectivity index (χ1) is 27.3. The molecule has 0 N–H and O–H groups in total. The molecule has 0 bridgehead atoms. The maximum atomic E-state index is 6.85. The van der Waals surface area contributed by atoms with Crippen LogP contribution in [0.3, 0.4) is 0 Å². The summed E-state index contributed by atoms with van der Waals surface area (Å²) in [6, 6.07) is 70.9. The Balaban J connectivity index is 1.22. The minimum Gasteiger partial charge on any atom is -0.434 e. The molecule has 0 amide bonds. The highest BCUT2D eigenvalue weighted by Crippen LogP contribution is 2.48. The molecule has 0 unspecified atom stereocenters. The van der Waals surface area contributed by atoms with Crippen LogP contribution >= 0.6 is 0 Å². The normalized spacial score (nSPS) is 11.6. The Labute approximate surface area is 317 Å². The van der Waals surface area contributed by atoms with Gasteiger partial charge in [-0.15, -0.1) is 0 Å². The average molecular weight is 704 g/mol. The predicted molar refractivity (Wildman–Crippen MR) is 229 cm³/mol. The minimum atomic E-state index is 0.594. The zero-order valence-corrected chi connectivity index (χ0v) is 29.8. The van der Waals surface area contributed by atoms with E-state index in [-0.39, 0.29) is 0 Å². The molecule has 0 aliphatic heterocycles. The number of aromatic nitrogens is 2. The van der Waals surface area contributed by atoms with E-state index in [1.54, 1.807) is 0 Å². The van der Waals surface area contributed by atoms with Crippen LogP contribution in [0.2, 0.25) is 0 Å². The SMILES string of the molecule is c1ccc(-c2ccc(N(c3cccc4nc(-c5ccc6ccccc6c5)oc34)c3cc4ccccc4c4c3c3ccccc3n4-c3ccccc3)cc2)cc1. The smallest absolute Gasteiger partial charge is 0.227 e. The van der Waals surface area contributed by atoms with Crippen molar-refractivity contribution in [1.82, 2.24) is 9.55 Å². The second-order valence-corrected chi connectivity index (χ2v) is 14.0. The summed E-state index contributed by atoms with van der Waals surface area (Å²) in [7, 11) is 0. The molecule has 4 nitrogen and oxygen atoms in total. The van der Waals surface area contributed by atoms with Gasteiger partial charge in [0.1, 0.15) is 5.52 Å². The van der Waals surface area contributed by atoms with Crippen molar-refractivity contribution in [2.24, 2.45) is 0 Å². The topological polar surface area (TPSA) is 34.2 Å². The quantitative estimate of drug-likeness (QED) is 0.173. The molecule has 11 aromatic rings. The monoisotopic (exact) mass is 703 g/mol. The first kappa shape index (κ1) is 31.1. The van der Waals surface area contributed by atoms with Crippen LogP contribution in [0.5, 0.6) is 0 Å². The van der Waals surface area contributed by atoms with Crippen LogP contribution in [0.15, 0.2) is 205 Å². The number of fused-ring (bicyclic) bond motifs is 7. The summed E-state index contributed by atoms with van der Waals surface area (Å²) in [6.45, 7) is 0. The maximum absolute atomic E-state index is 6.85. The molecule has 0 radical (unpaired) electrons. The highest BCUT2D eigenvalue weighted by Gasteiger charge is 2.26. The molecule has 258 valence electrons. The number of nitrogens with zero attached hydrogens (tertiary/aromatic N) is 3. The Kier molecular flexibility index (Phi) is 7.14. The van der Waals surface area contributed by atoms with Gasteiger partial charge in [-0.25, -0.2) is 4.98 Å². The summed E-state index contributed by atoms with van der Waals surface area (Å²) in [4.78, 5) is 7.45. The van der Waals surface area contributed by atoms with Gasteiger partial charge in [0.2, 0.25) is 5.89 Å². The molecule has 9 aromatic carbocycles. The van der Waals surface area contributed by atoms with Gasteiger partial charge in [0.05, 0.1) is 22.4 Å². The molecule has 0 fully saturated rings. The largest absolute Gasteiger partial charge is 0.434 e. The van der Waals surface area contributed by atoms with Crippen molar-refractivity contribution in [2.45, 2.75) is 0 Å². The fourth-order valence-electron chi connectivity index (χ4n) is 8.23. The van der Waals surface area contributed by atoms with E-state index in [9.17, 15) is 0 Å². The van der Waals surface area contributed by atoms with Crippen LogP contribution < -0.4 is 4.90 Å². The van der Waals surface area contributed by atoms with Gasteiger partial charge in [-0.3, -0.25) is 0 Å². The molecule has 0 atom stereocenters. The van der Waals surface area contributed by atoms with E-state index in [1.165, 1.54) is 21.7 Å². The van der Waals surface area contributed by atoms with Gasteiger partial charge in [-0.05, 0) is 87.9 Å². The van der Waals surface area contributed by atoms with E-state index in [1.807, 2.05) is 6.07 Å². The maximum Gasteiger partial charge on any atom is 0.227 e. The number of rotatable bonds is 6. The van der Waals surface area contributed by atoms with Crippen molar-refractivity contribution in [3.05, 3.63) is 200 Å². The first-order valence-electron chi connectivity index (χ1n) is 18.6. The van der Waals surface area contributed by atoms with Crippen LogP contribution in [-0.4, -0.2) is 9.55 Å². The van der Waals surface area contributed by atoms with Gasteiger partial charge in [-0.1, -0.05) is 140 Å². The van der Waals surface area contributed by atoms with Crippen molar-refractivity contribution in [2.75, 3.05) is 4.90 Å².